The summed E-state index contributed by atoms with van der Waals surface area (Å²) in [7, 11) is 1.68. The number of nitrogens with zero attached hydrogens (tertiary/aromatic N) is 2. The molecule has 4 nitrogen and oxygen atoms in total. The number of methoxy groups -OCH3 is 1. The van der Waals surface area contributed by atoms with Crippen molar-refractivity contribution in [1.82, 2.24) is 5.01 Å². The highest BCUT2D eigenvalue weighted by Gasteiger charge is 2.41. The number of halogens is 2. The standard InChI is InChI=1S/C23H18Br2N2O2/c1-28-18-9-4-14(5-10-18)20-13-21-19-12-17(25)8-11-22(19)29-23(27(21)26-20)15-2-6-16(24)7-3-15/h2-12,21,23H,13H2,1H3/t21-,23-/m0/s1. The molecule has 0 amide bonds. The lowest BCUT2D eigenvalue weighted by molar-refractivity contribution is -0.0190. The van der Waals surface area contributed by atoms with Crippen molar-refractivity contribution in [2.45, 2.75) is 18.7 Å². The Bertz CT molecular complexity index is 1080. The van der Waals surface area contributed by atoms with E-state index < -0.39 is 0 Å². The van der Waals surface area contributed by atoms with Crippen LogP contribution in [0.1, 0.15) is 35.4 Å². The molecule has 0 saturated carbocycles. The van der Waals surface area contributed by atoms with E-state index in [9.17, 15) is 0 Å². The molecule has 146 valence electrons. The second kappa shape index (κ2) is 7.50. The second-order valence-corrected chi connectivity index (χ2v) is 8.91. The molecule has 2 heterocycles. The third-order valence-electron chi connectivity index (χ3n) is 5.33. The average Bonchev–Trinajstić information content (AvgIpc) is 3.20. The summed E-state index contributed by atoms with van der Waals surface area (Å²) in [6.45, 7) is 0. The number of hydrogen-bond donors (Lipinski definition) is 0. The quantitative estimate of drug-likeness (QED) is 0.403. The number of ether oxygens (including phenoxy) is 2. The molecule has 0 saturated heterocycles. The third kappa shape index (κ3) is 3.45. The minimum absolute atomic E-state index is 0.127. The highest BCUT2D eigenvalue weighted by atomic mass is 79.9. The molecule has 0 fully saturated rings. The minimum Gasteiger partial charge on any atom is -0.497 e. The normalized spacial score (nSPS) is 19.8. The van der Waals surface area contributed by atoms with Crippen molar-refractivity contribution >= 4 is 37.6 Å². The van der Waals surface area contributed by atoms with E-state index >= 15 is 0 Å². The van der Waals surface area contributed by atoms with Crippen molar-refractivity contribution in [2.24, 2.45) is 5.10 Å². The molecule has 2 aliphatic heterocycles. The highest BCUT2D eigenvalue weighted by molar-refractivity contribution is 9.10. The second-order valence-electron chi connectivity index (χ2n) is 7.08. The smallest absolute Gasteiger partial charge is 0.213 e. The van der Waals surface area contributed by atoms with Gasteiger partial charge in [0.15, 0.2) is 0 Å². The van der Waals surface area contributed by atoms with E-state index in [2.05, 4.69) is 67.2 Å². The first-order chi connectivity index (χ1) is 14.1. The number of rotatable bonds is 3. The Hall–Kier alpha value is -2.31. The molecular weight excluding hydrogens is 496 g/mol. The Balaban J connectivity index is 1.57. The fourth-order valence-electron chi connectivity index (χ4n) is 3.86. The average molecular weight is 514 g/mol. The first-order valence-electron chi connectivity index (χ1n) is 9.34. The van der Waals surface area contributed by atoms with Gasteiger partial charge in [0.05, 0.1) is 18.9 Å². The summed E-state index contributed by atoms with van der Waals surface area (Å²) in [6, 6.07) is 22.6. The zero-order chi connectivity index (χ0) is 20.0. The molecule has 2 atom stereocenters. The molecule has 29 heavy (non-hydrogen) atoms. The van der Waals surface area contributed by atoms with E-state index in [0.29, 0.717) is 0 Å². The van der Waals surface area contributed by atoms with Gasteiger partial charge in [0, 0.05) is 26.5 Å². The Kier molecular flexibility index (Phi) is 4.84. The third-order valence-corrected chi connectivity index (χ3v) is 6.35. The Morgan fingerprint density at radius 2 is 1.69 bits per heavy atom. The summed E-state index contributed by atoms with van der Waals surface area (Å²) < 4.78 is 13.8. The lowest BCUT2D eigenvalue weighted by Gasteiger charge is -2.38. The molecular formula is C23H18Br2N2O2. The van der Waals surface area contributed by atoms with Gasteiger partial charge in [-0.1, -0.05) is 44.0 Å². The van der Waals surface area contributed by atoms with Crippen LogP contribution in [0.25, 0.3) is 0 Å². The Morgan fingerprint density at radius 3 is 2.41 bits per heavy atom. The van der Waals surface area contributed by atoms with Gasteiger partial charge in [0.25, 0.3) is 0 Å². The fourth-order valence-corrected chi connectivity index (χ4v) is 4.51. The van der Waals surface area contributed by atoms with Crippen LogP contribution in [0.2, 0.25) is 0 Å². The Morgan fingerprint density at radius 1 is 0.966 bits per heavy atom. The minimum atomic E-state index is -0.266. The maximum atomic E-state index is 6.41. The van der Waals surface area contributed by atoms with Gasteiger partial charge >= 0.3 is 0 Å². The first-order valence-corrected chi connectivity index (χ1v) is 10.9. The molecule has 0 aliphatic carbocycles. The van der Waals surface area contributed by atoms with E-state index in [1.807, 2.05) is 36.4 Å². The SMILES string of the molecule is COc1ccc(C2=NN3[C@@H](C2)c2cc(Br)ccc2O[C@H]3c2ccc(Br)cc2)cc1. The molecule has 5 rings (SSSR count). The van der Waals surface area contributed by atoms with Gasteiger partial charge in [0.1, 0.15) is 11.5 Å². The number of hydrogen-bond acceptors (Lipinski definition) is 4. The van der Waals surface area contributed by atoms with Gasteiger partial charge in [-0.15, -0.1) is 0 Å². The zero-order valence-corrected chi connectivity index (χ0v) is 18.9. The molecule has 6 heteroatoms. The Labute approximate surface area is 186 Å². The molecule has 3 aromatic rings. The van der Waals surface area contributed by atoms with Crippen molar-refractivity contribution in [1.29, 1.82) is 0 Å². The monoisotopic (exact) mass is 512 g/mol. The molecule has 0 bridgehead atoms. The maximum absolute atomic E-state index is 6.41. The maximum Gasteiger partial charge on any atom is 0.213 e. The van der Waals surface area contributed by atoms with Gasteiger partial charge in [-0.3, -0.25) is 0 Å². The molecule has 0 unspecified atom stereocenters. The van der Waals surface area contributed by atoms with Crippen molar-refractivity contribution in [3.63, 3.8) is 0 Å². The summed E-state index contributed by atoms with van der Waals surface area (Å²) in [5, 5.41) is 7.10. The van der Waals surface area contributed by atoms with Crippen LogP contribution in [0.5, 0.6) is 11.5 Å². The molecule has 3 aromatic carbocycles. The highest BCUT2D eigenvalue weighted by Crippen LogP contribution is 2.48. The largest absolute Gasteiger partial charge is 0.497 e. The van der Waals surface area contributed by atoms with Crippen LogP contribution >= 0.6 is 31.9 Å². The lowest BCUT2D eigenvalue weighted by atomic mass is 9.96. The van der Waals surface area contributed by atoms with Crippen molar-refractivity contribution in [3.8, 4) is 11.5 Å². The summed E-state index contributed by atoms with van der Waals surface area (Å²) in [4.78, 5) is 0. The van der Waals surface area contributed by atoms with Gasteiger partial charge in [-0.25, -0.2) is 5.01 Å². The number of benzene rings is 3. The van der Waals surface area contributed by atoms with Crippen LogP contribution in [0.15, 0.2) is 80.8 Å². The summed E-state index contributed by atoms with van der Waals surface area (Å²) in [5.74, 6) is 1.75. The number of fused-ring (bicyclic) bond motifs is 3. The molecule has 0 radical (unpaired) electrons. The molecule has 2 aliphatic rings. The molecule has 0 spiro atoms. The van der Waals surface area contributed by atoms with Crippen molar-refractivity contribution in [3.05, 3.63) is 92.4 Å². The van der Waals surface area contributed by atoms with Gasteiger partial charge < -0.3 is 9.47 Å². The van der Waals surface area contributed by atoms with Gasteiger partial charge in [-0.05, 0) is 60.2 Å². The van der Waals surface area contributed by atoms with E-state index in [4.69, 9.17) is 14.6 Å². The number of hydrazone groups is 1. The topological polar surface area (TPSA) is 34.1 Å². The van der Waals surface area contributed by atoms with E-state index in [1.165, 1.54) is 0 Å². The molecule has 0 N–H and O–H groups in total. The first kappa shape index (κ1) is 18.7. The van der Waals surface area contributed by atoms with E-state index in [1.54, 1.807) is 7.11 Å². The van der Waals surface area contributed by atoms with E-state index in [0.717, 1.165) is 49.3 Å². The molecule has 0 aromatic heterocycles. The van der Waals surface area contributed by atoms with Crippen LogP contribution in [0.3, 0.4) is 0 Å². The van der Waals surface area contributed by atoms with Crippen LogP contribution in [-0.4, -0.2) is 17.8 Å². The van der Waals surface area contributed by atoms with Crippen molar-refractivity contribution < 1.29 is 9.47 Å². The summed E-state index contributed by atoms with van der Waals surface area (Å²) in [5.41, 5.74) is 4.38. The van der Waals surface area contributed by atoms with Gasteiger partial charge in [-0.2, -0.15) is 5.10 Å². The van der Waals surface area contributed by atoms with Crippen molar-refractivity contribution in [2.75, 3.05) is 7.11 Å². The predicted molar refractivity (Wildman–Crippen MR) is 120 cm³/mol. The summed E-state index contributed by atoms with van der Waals surface area (Å²) >= 11 is 7.11. The van der Waals surface area contributed by atoms with Crippen LogP contribution in [-0.2, 0) is 0 Å². The van der Waals surface area contributed by atoms with E-state index in [-0.39, 0.29) is 12.3 Å². The van der Waals surface area contributed by atoms with Crippen LogP contribution in [0.4, 0.5) is 0 Å². The fraction of sp³-hybridized carbons (Fsp3) is 0.174. The van der Waals surface area contributed by atoms with Crippen LogP contribution < -0.4 is 9.47 Å². The van der Waals surface area contributed by atoms with Crippen LogP contribution in [0, 0.1) is 0 Å². The lowest BCUT2D eigenvalue weighted by Crippen LogP contribution is -2.33. The zero-order valence-electron chi connectivity index (χ0n) is 15.7. The predicted octanol–water partition coefficient (Wildman–Crippen LogP) is 6.46. The van der Waals surface area contributed by atoms with Gasteiger partial charge in [0.2, 0.25) is 6.23 Å². The summed E-state index contributed by atoms with van der Waals surface area (Å²) in [6.07, 6.45) is 0.559.